The van der Waals surface area contributed by atoms with Crippen molar-refractivity contribution < 1.29 is 4.74 Å². The molecule has 0 fully saturated rings. The maximum atomic E-state index is 5.64. The van der Waals surface area contributed by atoms with Gasteiger partial charge in [-0.25, -0.2) is 0 Å². The van der Waals surface area contributed by atoms with Gasteiger partial charge in [-0.15, -0.1) is 0 Å². The lowest BCUT2D eigenvalue weighted by atomic mass is 10.2. The largest absolute Gasteiger partial charge is 0.458 e. The molecule has 1 rings (SSSR count). The summed E-state index contributed by atoms with van der Waals surface area (Å²) in [6.07, 6.45) is 5.80. The van der Waals surface area contributed by atoms with Gasteiger partial charge >= 0.3 is 0 Å². The molecule has 0 saturated carbocycles. The van der Waals surface area contributed by atoms with Crippen molar-refractivity contribution in [2.24, 2.45) is 0 Å². The van der Waals surface area contributed by atoms with Gasteiger partial charge in [-0.3, -0.25) is 0 Å². The Hall–Kier alpha value is -1.96. The van der Waals surface area contributed by atoms with Gasteiger partial charge in [-0.05, 0) is 32.1 Å². The second-order valence-electron chi connectivity index (χ2n) is 3.51. The SMILES string of the molecule is C=C(/C=C\C(C)=C/C)Oc1cccc(N)c1. The number of ether oxygens (including phenoxy) is 1. The molecule has 16 heavy (non-hydrogen) atoms. The minimum absolute atomic E-state index is 0.590. The van der Waals surface area contributed by atoms with E-state index in [0.717, 1.165) is 5.57 Å². The van der Waals surface area contributed by atoms with Crippen LogP contribution in [-0.4, -0.2) is 0 Å². The third kappa shape index (κ3) is 4.05. The molecule has 2 nitrogen and oxygen atoms in total. The van der Waals surface area contributed by atoms with Crippen LogP contribution in [0.15, 0.2) is 60.4 Å². The molecule has 0 aliphatic carbocycles. The van der Waals surface area contributed by atoms with Gasteiger partial charge in [0.1, 0.15) is 11.5 Å². The molecule has 0 atom stereocenters. The number of rotatable bonds is 4. The Morgan fingerprint density at radius 2 is 2.12 bits per heavy atom. The second kappa shape index (κ2) is 5.81. The molecule has 0 radical (unpaired) electrons. The van der Waals surface area contributed by atoms with E-state index in [1.54, 1.807) is 6.07 Å². The summed E-state index contributed by atoms with van der Waals surface area (Å²) < 4.78 is 5.50. The van der Waals surface area contributed by atoms with E-state index in [9.17, 15) is 0 Å². The van der Waals surface area contributed by atoms with Crippen molar-refractivity contribution in [1.29, 1.82) is 0 Å². The van der Waals surface area contributed by atoms with Crippen LogP contribution in [-0.2, 0) is 0 Å². The summed E-state index contributed by atoms with van der Waals surface area (Å²) in [6.45, 7) is 7.81. The van der Waals surface area contributed by atoms with Crippen molar-refractivity contribution >= 4 is 5.69 Å². The molecule has 0 saturated heterocycles. The van der Waals surface area contributed by atoms with Crippen molar-refractivity contribution in [2.75, 3.05) is 5.73 Å². The molecule has 0 aliphatic heterocycles. The zero-order valence-corrected chi connectivity index (χ0v) is 9.73. The van der Waals surface area contributed by atoms with Crippen LogP contribution in [0.4, 0.5) is 5.69 Å². The van der Waals surface area contributed by atoms with Crippen molar-refractivity contribution in [1.82, 2.24) is 0 Å². The quantitative estimate of drug-likeness (QED) is 0.472. The highest BCUT2D eigenvalue weighted by Gasteiger charge is 1.95. The molecule has 0 amide bonds. The second-order valence-corrected chi connectivity index (χ2v) is 3.51. The van der Waals surface area contributed by atoms with E-state index in [0.29, 0.717) is 17.2 Å². The Bertz CT molecular complexity index is 430. The molecule has 0 aliphatic rings. The first-order chi connectivity index (χ1) is 7.61. The number of benzene rings is 1. The van der Waals surface area contributed by atoms with Gasteiger partial charge in [0.05, 0.1) is 0 Å². The average Bonchev–Trinajstić information content (AvgIpc) is 2.26. The predicted molar refractivity (Wildman–Crippen MR) is 69.2 cm³/mol. The molecule has 1 aromatic carbocycles. The third-order valence-electron chi connectivity index (χ3n) is 2.09. The summed E-state index contributed by atoms with van der Waals surface area (Å²) in [6, 6.07) is 7.27. The Labute approximate surface area is 96.7 Å². The fourth-order valence-corrected chi connectivity index (χ4v) is 1.08. The molecule has 2 N–H and O–H groups in total. The van der Waals surface area contributed by atoms with Crippen LogP contribution in [0, 0.1) is 0 Å². The van der Waals surface area contributed by atoms with E-state index >= 15 is 0 Å². The topological polar surface area (TPSA) is 35.2 Å². The van der Waals surface area contributed by atoms with Crippen molar-refractivity contribution in [2.45, 2.75) is 13.8 Å². The van der Waals surface area contributed by atoms with Gasteiger partial charge < -0.3 is 10.5 Å². The number of allylic oxidation sites excluding steroid dienone is 4. The lowest BCUT2D eigenvalue weighted by Gasteiger charge is -2.05. The van der Waals surface area contributed by atoms with E-state index in [1.165, 1.54) is 0 Å². The van der Waals surface area contributed by atoms with Gasteiger partial charge in [0.25, 0.3) is 0 Å². The van der Waals surface area contributed by atoms with Crippen molar-refractivity contribution in [3.05, 3.63) is 60.4 Å². The van der Waals surface area contributed by atoms with E-state index in [-0.39, 0.29) is 0 Å². The summed E-state index contributed by atoms with van der Waals surface area (Å²) in [7, 11) is 0. The summed E-state index contributed by atoms with van der Waals surface area (Å²) >= 11 is 0. The Balaban J connectivity index is 2.62. The van der Waals surface area contributed by atoms with Gasteiger partial charge in [-0.1, -0.05) is 30.4 Å². The van der Waals surface area contributed by atoms with Crippen LogP contribution >= 0.6 is 0 Å². The maximum absolute atomic E-state index is 5.64. The van der Waals surface area contributed by atoms with E-state index in [2.05, 4.69) is 6.58 Å². The highest BCUT2D eigenvalue weighted by atomic mass is 16.5. The molecule has 1 aromatic rings. The normalized spacial score (nSPS) is 11.8. The summed E-state index contributed by atoms with van der Waals surface area (Å²) in [5, 5.41) is 0. The standard InChI is InChI=1S/C14H17NO/c1-4-11(2)8-9-12(3)16-14-7-5-6-13(15)10-14/h4-10H,3,15H2,1-2H3/b9-8-,11-4-. The molecule has 0 aromatic heterocycles. The van der Waals surface area contributed by atoms with Crippen LogP contribution in [0.2, 0.25) is 0 Å². The third-order valence-corrected chi connectivity index (χ3v) is 2.09. The Kier molecular flexibility index (Phi) is 4.40. The molecule has 2 heteroatoms. The van der Waals surface area contributed by atoms with Gasteiger partial charge in [0, 0.05) is 11.8 Å². The molecule has 0 spiro atoms. The zero-order chi connectivity index (χ0) is 12.0. The lowest BCUT2D eigenvalue weighted by molar-refractivity contribution is 0.447. The minimum atomic E-state index is 0.590. The number of hydrogen-bond donors (Lipinski definition) is 1. The number of nitrogens with two attached hydrogens (primary N) is 1. The summed E-state index contributed by atoms with van der Waals surface area (Å²) in [4.78, 5) is 0. The Morgan fingerprint density at radius 1 is 1.38 bits per heavy atom. The van der Waals surface area contributed by atoms with Crippen molar-refractivity contribution in [3.63, 3.8) is 0 Å². The van der Waals surface area contributed by atoms with E-state index < -0.39 is 0 Å². The molecular formula is C14H17NO. The molecular weight excluding hydrogens is 198 g/mol. The molecule has 0 bridgehead atoms. The van der Waals surface area contributed by atoms with Crippen LogP contribution in [0.3, 0.4) is 0 Å². The molecule has 0 unspecified atom stereocenters. The zero-order valence-electron chi connectivity index (χ0n) is 9.73. The van der Waals surface area contributed by atoms with Gasteiger partial charge in [0.2, 0.25) is 0 Å². The summed E-state index contributed by atoms with van der Waals surface area (Å²) in [5.41, 5.74) is 7.48. The number of nitrogen functional groups attached to an aromatic ring is 1. The van der Waals surface area contributed by atoms with Gasteiger partial charge in [0.15, 0.2) is 0 Å². The summed E-state index contributed by atoms with van der Waals surface area (Å²) in [5.74, 6) is 1.29. The highest BCUT2D eigenvalue weighted by Crippen LogP contribution is 2.17. The first-order valence-electron chi connectivity index (χ1n) is 5.15. The average molecular weight is 215 g/mol. The monoisotopic (exact) mass is 215 g/mol. The fraction of sp³-hybridized carbons (Fsp3) is 0.143. The van der Waals surface area contributed by atoms with Crippen LogP contribution in [0.1, 0.15) is 13.8 Å². The molecule has 0 heterocycles. The first kappa shape index (κ1) is 12.1. The van der Waals surface area contributed by atoms with Crippen molar-refractivity contribution in [3.8, 4) is 5.75 Å². The van der Waals surface area contributed by atoms with E-state index in [4.69, 9.17) is 10.5 Å². The highest BCUT2D eigenvalue weighted by molar-refractivity contribution is 5.44. The minimum Gasteiger partial charge on any atom is -0.458 e. The number of hydrogen-bond acceptors (Lipinski definition) is 2. The van der Waals surface area contributed by atoms with Crippen LogP contribution in [0.5, 0.6) is 5.75 Å². The fourth-order valence-electron chi connectivity index (χ4n) is 1.08. The molecule has 84 valence electrons. The Morgan fingerprint density at radius 3 is 2.75 bits per heavy atom. The van der Waals surface area contributed by atoms with Crippen LogP contribution < -0.4 is 10.5 Å². The van der Waals surface area contributed by atoms with Crippen LogP contribution in [0.25, 0.3) is 0 Å². The lowest BCUT2D eigenvalue weighted by Crippen LogP contribution is -1.91. The predicted octanol–water partition coefficient (Wildman–Crippen LogP) is 3.68. The first-order valence-corrected chi connectivity index (χ1v) is 5.15. The van der Waals surface area contributed by atoms with Gasteiger partial charge in [-0.2, -0.15) is 0 Å². The van der Waals surface area contributed by atoms with E-state index in [1.807, 2.05) is 50.3 Å². The maximum Gasteiger partial charge on any atom is 0.129 e. The number of anilines is 1. The smallest absolute Gasteiger partial charge is 0.129 e.